The molecule has 0 N–H and O–H groups in total. The number of carbonyl (C=O) groups is 2. The normalized spacial score (nSPS) is 36.7. The molecule has 1 aromatic rings. The molecule has 3 heterocycles. The highest BCUT2D eigenvalue weighted by molar-refractivity contribution is 7.90. The molecule has 2 amide bonds. The summed E-state index contributed by atoms with van der Waals surface area (Å²) in [4.78, 5) is 33.1. The lowest BCUT2D eigenvalue weighted by molar-refractivity contribution is -0.142. The summed E-state index contributed by atoms with van der Waals surface area (Å²) >= 11 is 0. The first-order chi connectivity index (χ1) is 17.9. The minimum atomic E-state index is -3.60. The standard InChI is InChI=1S/C28H36N4O4S/c33-27-24-18-9-10-19(15-18)25(24)28(34)32(27)17-21-6-2-1-5-20(21)16-30-11-13-31(14-12-30)26-22-7-3-4-8-23(22)37(35,36)29-26/h3-4,7-8,18-21,24-25H,1-2,5-6,9-17H2/t18-,19+,20-,21-,24+,25-/m0/s1. The van der Waals surface area contributed by atoms with Gasteiger partial charge in [0.15, 0.2) is 5.84 Å². The van der Waals surface area contributed by atoms with Gasteiger partial charge in [0.1, 0.15) is 4.90 Å². The molecule has 6 aliphatic rings. The summed E-state index contributed by atoms with van der Waals surface area (Å²) in [5, 5.41) is 0. The molecule has 2 bridgehead atoms. The van der Waals surface area contributed by atoms with Crippen molar-refractivity contribution < 1.29 is 18.0 Å². The van der Waals surface area contributed by atoms with E-state index < -0.39 is 10.0 Å². The van der Waals surface area contributed by atoms with E-state index in [-0.39, 0.29) is 23.7 Å². The number of nitrogens with zero attached hydrogens (tertiary/aromatic N) is 4. The van der Waals surface area contributed by atoms with E-state index in [2.05, 4.69) is 14.2 Å². The number of fused-ring (bicyclic) bond motifs is 6. The lowest BCUT2D eigenvalue weighted by Gasteiger charge is -2.41. The molecule has 0 radical (unpaired) electrons. The second-order valence-electron chi connectivity index (χ2n) is 12.2. The minimum Gasteiger partial charge on any atom is -0.353 e. The fourth-order valence-electron chi connectivity index (χ4n) is 8.44. The maximum atomic E-state index is 13.3. The van der Waals surface area contributed by atoms with Crippen LogP contribution in [-0.2, 0) is 19.6 Å². The van der Waals surface area contributed by atoms with E-state index in [0.29, 0.717) is 46.5 Å². The fraction of sp³-hybridized carbons (Fsp3) is 0.679. The highest BCUT2D eigenvalue weighted by Gasteiger charge is 2.61. The molecule has 0 aromatic heterocycles. The SMILES string of the molecule is O=C1[C@@H]2[C@H]3CC[C@H](C3)[C@@H]2C(=O)N1C[C@@H]1CCCC[C@H]1CN1CCN(C2=NS(=O)(=O)c3ccccc32)CC1. The van der Waals surface area contributed by atoms with Crippen LogP contribution in [-0.4, -0.2) is 80.0 Å². The van der Waals surface area contributed by atoms with Crippen molar-refractivity contribution in [2.24, 2.45) is 39.9 Å². The summed E-state index contributed by atoms with van der Waals surface area (Å²) in [5.74, 6) is 2.57. The van der Waals surface area contributed by atoms with Crippen molar-refractivity contribution in [2.45, 2.75) is 49.8 Å². The number of likely N-dealkylation sites (tertiary alicyclic amines) is 1. The van der Waals surface area contributed by atoms with Gasteiger partial charge in [0.2, 0.25) is 11.8 Å². The quantitative estimate of drug-likeness (QED) is 0.563. The molecule has 198 valence electrons. The van der Waals surface area contributed by atoms with Gasteiger partial charge in [-0.1, -0.05) is 25.0 Å². The fourth-order valence-corrected chi connectivity index (χ4v) is 9.67. The van der Waals surface area contributed by atoms with Crippen molar-refractivity contribution in [2.75, 3.05) is 39.3 Å². The van der Waals surface area contributed by atoms with Crippen LogP contribution in [0, 0.1) is 35.5 Å². The third-order valence-corrected chi connectivity index (χ3v) is 11.6. The molecular weight excluding hydrogens is 488 g/mol. The van der Waals surface area contributed by atoms with Gasteiger partial charge in [0.25, 0.3) is 10.0 Å². The second kappa shape index (κ2) is 8.90. The van der Waals surface area contributed by atoms with Crippen LogP contribution in [0.4, 0.5) is 0 Å². The Balaban J connectivity index is 0.989. The molecule has 1 aromatic carbocycles. The number of hydrogen-bond acceptors (Lipinski definition) is 6. The van der Waals surface area contributed by atoms with E-state index in [1.807, 2.05) is 12.1 Å². The molecular formula is C28H36N4O4S. The molecule has 3 saturated carbocycles. The highest BCUT2D eigenvalue weighted by atomic mass is 32.2. The Morgan fingerprint density at radius 2 is 1.43 bits per heavy atom. The van der Waals surface area contributed by atoms with Crippen molar-refractivity contribution >= 4 is 27.7 Å². The van der Waals surface area contributed by atoms with E-state index in [9.17, 15) is 18.0 Å². The van der Waals surface area contributed by atoms with E-state index in [4.69, 9.17) is 0 Å². The molecule has 8 nitrogen and oxygen atoms in total. The van der Waals surface area contributed by atoms with Crippen LogP contribution in [0.2, 0.25) is 0 Å². The first-order valence-corrected chi connectivity index (χ1v) is 15.6. The average Bonchev–Trinajstić information content (AvgIpc) is 3.65. The Hall–Kier alpha value is -2.26. The maximum absolute atomic E-state index is 13.3. The number of amides is 2. The zero-order valence-corrected chi connectivity index (χ0v) is 22.1. The van der Waals surface area contributed by atoms with E-state index in [0.717, 1.165) is 64.8 Å². The highest BCUT2D eigenvalue weighted by Crippen LogP contribution is 2.56. The lowest BCUT2D eigenvalue weighted by atomic mass is 9.78. The van der Waals surface area contributed by atoms with Gasteiger partial charge < -0.3 is 4.90 Å². The van der Waals surface area contributed by atoms with E-state index in [1.54, 1.807) is 17.0 Å². The molecule has 5 fully saturated rings. The van der Waals surface area contributed by atoms with Gasteiger partial charge in [-0.2, -0.15) is 8.42 Å². The molecule has 3 aliphatic carbocycles. The van der Waals surface area contributed by atoms with Crippen LogP contribution in [0.3, 0.4) is 0 Å². The number of sulfonamides is 1. The zero-order chi connectivity index (χ0) is 25.3. The first kappa shape index (κ1) is 23.8. The van der Waals surface area contributed by atoms with Crippen molar-refractivity contribution in [1.29, 1.82) is 0 Å². The third-order valence-electron chi connectivity index (χ3n) is 10.3. The van der Waals surface area contributed by atoms with Crippen LogP contribution in [0.1, 0.15) is 50.5 Å². The Bertz CT molecular complexity index is 1230. The summed E-state index contributed by atoms with van der Waals surface area (Å²) in [7, 11) is -3.60. The van der Waals surface area contributed by atoms with Crippen LogP contribution >= 0.6 is 0 Å². The first-order valence-electron chi connectivity index (χ1n) is 14.2. The third kappa shape index (κ3) is 3.87. The molecule has 9 heteroatoms. The molecule has 3 aliphatic heterocycles. The van der Waals surface area contributed by atoms with Crippen molar-refractivity contribution in [3.63, 3.8) is 0 Å². The number of piperazine rings is 1. The van der Waals surface area contributed by atoms with E-state index >= 15 is 0 Å². The molecule has 7 rings (SSSR count). The molecule has 37 heavy (non-hydrogen) atoms. The largest absolute Gasteiger partial charge is 0.353 e. The van der Waals surface area contributed by atoms with Gasteiger partial charge in [-0.25, -0.2) is 0 Å². The van der Waals surface area contributed by atoms with Crippen LogP contribution < -0.4 is 0 Å². The van der Waals surface area contributed by atoms with Gasteiger partial charge in [0.05, 0.1) is 11.8 Å². The predicted molar refractivity (Wildman–Crippen MR) is 138 cm³/mol. The second-order valence-corrected chi connectivity index (χ2v) is 13.7. The molecule has 2 saturated heterocycles. The van der Waals surface area contributed by atoms with Crippen LogP contribution in [0.15, 0.2) is 33.6 Å². The van der Waals surface area contributed by atoms with Crippen molar-refractivity contribution in [3.8, 4) is 0 Å². The van der Waals surface area contributed by atoms with Crippen molar-refractivity contribution in [1.82, 2.24) is 14.7 Å². The number of imide groups is 1. The Labute approximate surface area is 219 Å². The average molecular weight is 525 g/mol. The Morgan fingerprint density at radius 1 is 0.811 bits per heavy atom. The molecule has 6 atom stereocenters. The molecule has 0 spiro atoms. The van der Waals surface area contributed by atoms with Gasteiger partial charge in [-0.15, -0.1) is 4.40 Å². The molecule has 0 unspecified atom stereocenters. The summed E-state index contributed by atoms with van der Waals surface area (Å²) < 4.78 is 29.1. The van der Waals surface area contributed by atoms with Crippen molar-refractivity contribution in [3.05, 3.63) is 29.8 Å². The van der Waals surface area contributed by atoms with Gasteiger partial charge in [-0.3, -0.25) is 19.4 Å². The summed E-state index contributed by atoms with van der Waals surface area (Å²) in [6, 6.07) is 7.09. The van der Waals surface area contributed by atoms with Gasteiger partial charge >= 0.3 is 0 Å². The van der Waals surface area contributed by atoms with Gasteiger partial charge in [0, 0.05) is 44.8 Å². The van der Waals surface area contributed by atoms with Crippen LogP contribution in [0.25, 0.3) is 0 Å². The maximum Gasteiger partial charge on any atom is 0.285 e. The Morgan fingerprint density at radius 3 is 2.11 bits per heavy atom. The number of rotatable bonds is 4. The zero-order valence-electron chi connectivity index (χ0n) is 21.3. The predicted octanol–water partition coefficient (Wildman–Crippen LogP) is 2.59. The van der Waals surface area contributed by atoms with Crippen LogP contribution in [0.5, 0.6) is 0 Å². The number of benzene rings is 1. The monoisotopic (exact) mass is 524 g/mol. The van der Waals surface area contributed by atoms with E-state index in [1.165, 1.54) is 12.8 Å². The summed E-state index contributed by atoms with van der Waals surface area (Å²) in [6.45, 7) is 4.80. The summed E-state index contributed by atoms with van der Waals surface area (Å²) in [6.07, 6.45) is 7.97. The number of hydrogen-bond donors (Lipinski definition) is 0. The summed E-state index contributed by atoms with van der Waals surface area (Å²) in [5.41, 5.74) is 0.710. The minimum absolute atomic E-state index is 0.0196. The topological polar surface area (TPSA) is 90.4 Å². The number of amidine groups is 1. The lowest BCUT2D eigenvalue weighted by Crippen LogP contribution is -2.51. The Kier molecular flexibility index (Phi) is 5.73. The van der Waals surface area contributed by atoms with Gasteiger partial charge in [-0.05, 0) is 67.9 Å². The smallest absolute Gasteiger partial charge is 0.285 e. The number of carbonyl (C=O) groups excluding carboxylic acids is 2.